The maximum atomic E-state index is 10.9. The van der Waals surface area contributed by atoms with Crippen molar-refractivity contribution in [3.8, 4) is 5.75 Å². The molecular formula is C13H15NO4. The number of aromatic nitrogens is 1. The predicted octanol–water partition coefficient (Wildman–Crippen LogP) is 1.79. The molecule has 2 aromatic rings. The van der Waals surface area contributed by atoms with Gasteiger partial charge >= 0.3 is 5.97 Å². The second-order valence-electron chi connectivity index (χ2n) is 3.99. The van der Waals surface area contributed by atoms with E-state index in [1.165, 1.54) is 0 Å². The molecule has 0 aliphatic rings. The highest BCUT2D eigenvalue weighted by atomic mass is 16.5. The summed E-state index contributed by atoms with van der Waals surface area (Å²) in [7, 11) is 1.55. The predicted molar refractivity (Wildman–Crippen MR) is 66.8 cm³/mol. The van der Waals surface area contributed by atoms with Crippen LogP contribution in [0.2, 0.25) is 0 Å². The summed E-state index contributed by atoms with van der Waals surface area (Å²) in [6.07, 6.45) is 0.149. The molecule has 0 spiro atoms. The normalized spacial score (nSPS) is 12.6. The van der Waals surface area contributed by atoms with E-state index in [-0.39, 0.29) is 0 Å². The van der Waals surface area contributed by atoms with Crippen molar-refractivity contribution < 1.29 is 19.7 Å². The van der Waals surface area contributed by atoms with E-state index in [4.69, 9.17) is 9.84 Å². The average molecular weight is 249 g/mol. The molecule has 1 aromatic carbocycles. The van der Waals surface area contributed by atoms with E-state index in [1.807, 2.05) is 23.6 Å². The van der Waals surface area contributed by atoms with Crippen LogP contribution < -0.4 is 4.74 Å². The summed E-state index contributed by atoms with van der Waals surface area (Å²) >= 11 is 0. The summed E-state index contributed by atoms with van der Waals surface area (Å²) in [6.45, 7) is 2.66. The van der Waals surface area contributed by atoms with Crippen LogP contribution in [0.5, 0.6) is 5.75 Å². The van der Waals surface area contributed by atoms with Crippen molar-refractivity contribution in [3.63, 3.8) is 0 Å². The molecule has 1 unspecified atom stereocenters. The van der Waals surface area contributed by atoms with Crippen LogP contribution in [0.4, 0.5) is 0 Å². The lowest BCUT2D eigenvalue weighted by molar-refractivity contribution is -0.146. The molecule has 0 fully saturated rings. The van der Waals surface area contributed by atoms with Crippen molar-refractivity contribution in [1.82, 2.24) is 4.57 Å². The number of hydrogen-bond donors (Lipinski definition) is 2. The number of ether oxygens (including phenoxy) is 1. The standard InChI is InChI=1S/C13H15NO4/c1-3-14-7-10(12(15)13(16)17)9-6-8(18-2)4-5-11(9)14/h4-7,12,15H,3H2,1-2H3,(H,16,17). The van der Waals surface area contributed by atoms with Crippen LogP contribution >= 0.6 is 0 Å². The first-order chi connectivity index (χ1) is 8.58. The first-order valence-corrected chi connectivity index (χ1v) is 5.66. The van der Waals surface area contributed by atoms with Crippen LogP contribution in [-0.4, -0.2) is 27.9 Å². The third kappa shape index (κ3) is 1.93. The molecule has 5 heteroatoms. The molecule has 0 aliphatic carbocycles. The van der Waals surface area contributed by atoms with Gasteiger partial charge in [-0.25, -0.2) is 4.79 Å². The number of carboxylic acids is 1. The fourth-order valence-corrected chi connectivity index (χ4v) is 2.04. The zero-order valence-electron chi connectivity index (χ0n) is 10.3. The zero-order valence-corrected chi connectivity index (χ0v) is 10.3. The number of aliphatic carboxylic acids is 1. The molecule has 0 saturated heterocycles. The smallest absolute Gasteiger partial charge is 0.337 e. The monoisotopic (exact) mass is 249 g/mol. The van der Waals surface area contributed by atoms with Gasteiger partial charge in [0, 0.05) is 29.2 Å². The van der Waals surface area contributed by atoms with Gasteiger partial charge in [0.05, 0.1) is 7.11 Å². The van der Waals surface area contributed by atoms with Crippen molar-refractivity contribution in [2.75, 3.05) is 7.11 Å². The molecule has 1 aromatic heterocycles. The summed E-state index contributed by atoms with van der Waals surface area (Å²) < 4.78 is 7.02. The Kier molecular flexibility index (Phi) is 3.25. The van der Waals surface area contributed by atoms with E-state index >= 15 is 0 Å². The Bertz CT molecular complexity index is 588. The van der Waals surface area contributed by atoms with E-state index in [9.17, 15) is 9.90 Å². The number of rotatable bonds is 4. The van der Waals surface area contributed by atoms with E-state index in [0.717, 1.165) is 5.52 Å². The summed E-state index contributed by atoms with van der Waals surface area (Å²) in [5.74, 6) is -0.622. The van der Waals surface area contributed by atoms with Gasteiger partial charge in [-0.05, 0) is 25.1 Å². The van der Waals surface area contributed by atoms with E-state index in [1.54, 1.807) is 19.4 Å². The third-order valence-corrected chi connectivity index (χ3v) is 2.99. The number of nitrogens with zero attached hydrogens (tertiary/aromatic N) is 1. The van der Waals surface area contributed by atoms with Crippen LogP contribution in [0, 0.1) is 0 Å². The molecule has 2 N–H and O–H groups in total. The Labute approximate surface area is 104 Å². The Hall–Kier alpha value is -2.01. The highest BCUT2D eigenvalue weighted by molar-refractivity contribution is 5.90. The highest BCUT2D eigenvalue weighted by Crippen LogP contribution is 2.30. The SMILES string of the molecule is CCn1cc(C(O)C(=O)O)c2cc(OC)ccc21. The molecule has 0 radical (unpaired) electrons. The lowest BCUT2D eigenvalue weighted by Gasteiger charge is -2.04. The number of aliphatic hydroxyl groups excluding tert-OH is 1. The Morgan fingerprint density at radius 1 is 1.50 bits per heavy atom. The van der Waals surface area contributed by atoms with Gasteiger partial charge in [-0.2, -0.15) is 0 Å². The van der Waals surface area contributed by atoms with Gasteiger partial charge in [-0.1, -0.05) is 0 Å². The molecule has 0 bridgehead atoms. The molecule has 5 nitrogen and oxygen atoms in total. The van der Waals surface area contributed by atoms with Gasteiger partial charge in [-0.15, -0.1) is 0 Å². The van der Waals surface area contributed by atoms with E-state index in [2.05, 4.69) is 0 Å². The number of aliphatic hydroxyl groups is 1. The first kappa shape index (κ1) is 12.4. The maximum absolute atomic E-state index is 10.9. The lowest BCUT2D eigenvalue weighted by Crippen LogP contribution is -2.09. The molecule has 1 heterocycles. The molecule has 18 heavy (non-hydrogen) atoms. The largest absolute Gasteiger partial charge is 0.497 e. The summed E-state index contributed by atoms with van der Waals surface area (Å²) in [6, 6.07) is 5.41. The Morgan fingerprint density at radius 3 is 2.78 bits per heavy atom. The Morgan fingerprint density at radius 2 is 2.22 bits per heavy atom. The lowest BCUT2D eigenvalue weighted by atomic mass is 10.1. The van der Waals surface area contributed by atoms with Crippen LogP contribution in [0.3, 0.4) is 0 Å². The number of benzene rings is 1. The number of aryl methyl sites for hydroxylation is 1. The number of hydrogen-bond acceptors (Lipinski definition) is 3. The molecule has 0 aliphatic heterocycles. The second kappa shape index (κ2) is 4.70. The van der Waals surface area contributed by atoms with Crippen molar-refractivity contribution in [3.05, 3.63) is 30.0 Å². The van der Waals surface area contributed by atoms with Gasteiger partial charge in [0.1, 0.15) is 5.75 Å². The zero-order chi connectivity index (χ0) is 13.3. The number of methoxy groups -OCH3 is 1. The number of carboxylic acid groups (broad SMARTS) is 1. The molecule has 0 saturated carbocycles. The highest BCUT2D eigenvalue weighted by Gasteiger charge is 2.21. The maximum Gasteiger partial charge on any atom is 0.337 e. The molecule has 0 amide bonds. The van der Waals surface area contributed by atoms with Gasteiger partial charge in [0.25, 0.3) is 0 Å². The van der Waals surface area contributed by atoms with Gasteiger partial charge in [-0.3, -0.25) is 0 Å². The third-order valence-electron chi connectivity index (χ3n) is 2.99. The van der Waals surface area contributed by atoms with Crippen molar-refractivity contribution in [2.24, 2.45) is 0 Å². The second-order valence-corrected chi connectivity index (χ2v) is 3.99. The Balaban J connectivity index is 2.68. The molecule has 96 valence electrons. The topological polar surface area (TPSA) is 71.7 Å². The number of carbonyl (C=O) groups is 1. The van der Waals surface area contributed by atoms with Crippen LogP contribution in [0.25, 0.3) is 10.9 Å². The van der Waals surface area contributed by atoms with Crippen LogP contribution in [-0.2, 0) is 11.3 Å². The minimum absolute atomic E-state index is 0.387. The molecule has 1 atom stereocenters. The quantitative estimate of drug-likeness (QED) is 0.866. The van der Waals surface area contributed by atoms with Crippen molar-refractivity contribution >= 4 is 16.9 Å². The first-order valence-electron chi connectivity index (χ1n) is 5.66. The minimum Gasteiger partial charge on any atom is -0.497 e. The van der Waals surface area contributed by atoms with Gasteiger partial charge < -0.3 is 19.5 Å². The fourth-order valence-electron chi connectivity index (χ4n) is 2.04. The van der Waals surface area contributed by atoms with Gasteiger partial charge in [0.2, 0.25) is 0 Å². The minimum atomic E-state index is -1.52. The van der Waals surface area contributed by atoms with Crippen molar-refractivity contribution in [1.29, 1.82) is 0 Å². The van der Waals surface area contributed by atoms with Gasteiger partial charge in [0.15, 0.2) is 6.10 Å². The van der Waals surface area contributed by atoms with E-state index < -0.39 is 12.1 Å². The van der Waals surface area contributed by atoms with E-state index in [0.29, 0.717) is 23.2 Å². The summed E-state index contributed by atoms with van der Waals surface area (Å²) in [5.41, 5.74) is 1.27. The fraction of sp³-hybridized carbons (Fsp3) is 0.308. The molecule has 2 rings (SSSR count). The number of fused-ring (bicyclic) bond motifs is 1. The molecular weight excluding hydrogens is 234 g/mol. The summed E-state index contributed by atoms with van der Waals surface area (Å²) in [5, 5.41) is 19.3. The van der Waals surface area contributed by atoms with Crippen molar-refractivity contribution in [2.45, 2.75) is 19.6 Å². The van der Waals surface area contributed by atoms with Crippen LogP contribution in [0.1, 0.15) is 18.6 Å². The average Bonchev–Trinajstić information content (AvgIpc) is 2.75. The summed E-state index contributed by atoms with van der Waals surface area (Å²) in [4.78, 5) is 10.9. The van der Waals surface area contributed by atoms with Crippen LogP contribution in [0.15, 0.2) is 24.4 Å².